The summed E-state index contributed by atoms with van der Waals surface area (Å²) in [6.45, 7) is 2.30. The molecule has 0 aliphatic carbocycles. The summed E-state index contributed by atoms with van der Waals surface area (Å²) in [4.78, 5) is 25.5. The fraction of sp³-hybridized carbons (Fsp3) is 0.733. The Bertz CT molecular complexity index is 1280. The molecule has 0 radical (unpaired) electrons. The molecule has 15 nitrogen and oxygen atoms in total. The van der Waals surface area contributed by atoms with Crippen LogP contribution >= 0.6 is 0 Å². The smallest absolute Gasteiger partial charge is 0.310 e. The third kappa shape index (κ3) is 21.8. The zero-order chi connectivity index (χ0) is 44.0. The Labute approximate surface area is 356 Å². The molecule has 2 fully saturated rings. The predicted molar refractivity (Wildman–Crippen MR) is 224 cm³/mol. The van der Waals surface area contributed by atoms with Gasteiger partial charge in [0.1, 0.15) is 55.4 Å². The van der Waals surface area contributed by atoms with Crippen molar-refractivity contribution in [3.8, 4) is 0 Å². The van der Waals surface area contributed by atoms with Gasteiger partial charge >= 0.3 is 11.9 Å². The molecule has 2 aliphatic rings. The molecule has 2 rings (SSSR count). The van der Waals surface area contributed by atoms with Crippen molar-refractivity contribution in [1.29, 1.82) is 0 Å². The van der Waals surface area contributed by atoms with Crippen molar-refractivity contribution in [3.63, 3.8) is 0 Å². The molecule has 11 atom stereocenters. The monoisotopic (exact) mass is 855 g/mol. The fourth-order valence-electron chi connectivity index (χ4n) is 6.41. The van der Waals surface area contributed by atoms with Crippen LogP contribution in [0.2, 0.25) is 0 Å². The Morgan fingerprint density at radius 3 is 1.58 bits per heavy atom. The van der Waals surface area contributed by atoms with E-state index in [1.54, 1.807) is 6.08 Å². The molecule has 0 aromatic heterocycles. The van der Waals surface area contributed by atoms with Crippen LogP contribution in [0.5, 0.6) is 0 Å². The summed E-state index contributed by atoms with van der Waals surface area (Å²) < 4.78 is 33.2. The molecule has 344 valence electrons. The van der Waals surface area contributed by atoms with Gasteiger partial charge in [-0.1, -0.05) is 126 Å². The average Bonchev–Trinajstić information content (AvgIpc) is 3.24. The number of hydrogen-bond donors (Lipinski definition) is 7. The van der Waals surface area contributed by atoms with Crippen LogP contribution in [0.1, 0.15) is 117 Å². The maximum absolute atomic E-state index is 12.8. The van der Waals surface area contributed by atoms with Crippen LogP contribution in [0.4, 0.5) is 0 Å². The number of allylic oxidation sites excluding steroid dienone is 9. The Balaban J connectivity index is 1.92. The molecule has 0 saturated carbocycles. The van der Waals surface area contributed by atoms with E-state index in [1.807, 2.05) is 18.2 Å². The molecule has 7 N–H and O–H groups in total. The van der Waals surface area contributed by atoms with E-state index in [9.17, 15) is 45.3 Å². The van der Waals surface area contributed by atoms with E-state index < -0.39 is 99.3 Å². The summed E-state index contributed by atoms with van der Waals surface area (Å²) in [5, 5.41) is 71.7. The topological polar surface area (TPSA) is 231 Å². The molecule has 2 heterocycles. The standard InChI is InChI=1S/C45H74O15/c1-3-5-7-9-11-13-14-15-16-17-18-20-22-24-26-28-37(48)58-33(30-55-36(47)27-25-23-21-19-12-10-8-6-4-2)31-56-44-43(54)41(52)39(50)35(60-44)32-57-45-42(53)40(51)38(49)34(29-46)59-45/h5,7,11,13,15-16,18,20,24,26,33-35,38-46,49-54H,3-4,6,8-10,12,14,17,19,21-23,25,27-32H2,1-2H3/b7-5-,13-11-,16-15-,20-18-,26-24-. The van der Waals surface area contributed by atoms with E-state index in [4.69, 9.17) is 28.4 Å². The van der Waals surface area contributed by atoms with Gasteiger partial charge in [-0.05, 0) is 38.5 Å². The van der Waals surface area contributed by atoms with Crippen molar-refractivity contribution in [2.45, 2.75) is 184 Å². The van der Waals surface area contributed by atoms with Gasteiger partial charge in [0.05, 0.1) is 26.2 Å². The highest BCUT2D eigenvalue weighted by Gasteiger charge is 2.47. The zero-order valence-electron chi connectivity index (χ0n) is 35.7. The second-order valence-electron chi connectivity index (χ2n) is 15.2. The molecule has 0 bridgehead atoms. The zero-order valence-corrected chi connectivity index (χ0v) is 35.7. The van der Waals surface area contributed by atoms with E-state index in [1.165, 1.54) is 32.1 Å². The van der Waals surface area contributed by atoms with E-state index in [2.05, 4.69) is 50.3 Å². The van der Waals surface area contributed by atoms with Crippen molar-refractivity contribution in [1.82, 2.24) is 0 Å². The van der Waals surface area contributed by atoms with Gasteiger partial charge in [0.15, 0.2) is 18.7 Å². The lowest BCUT2D eigenvalue weighted by molar-refractivity contribution is -0.332. The molecule has 0 aromatic carbocycles. The number of rotatable bonds is 31. The quantitative estimate of drug-likeness (QED) is 0.0295. The Morgan fingerprint density at radius 1 is 0.550 bits per heavy atom. The lowest BCUT2D eigenvalue weighted by Gasteiger charge is -2.42. The molecular formula is C45H74O15. The van der Waals surface area contributed by atoms with Crippen LogP contribution in [0, 0.1) is 0 Å². The van der Waals surface area contributed by atoms with Gasteiger partial charge in [-0.2, -0.15) is 0 Å². The van der Waals surface area contributed by atoms with Crippen molar-refractivity contribution in [2.75, 3.05) is 26.4 Å². The minimum absolute atomic E-state index is 0.0682. The molecule has 0 amide bonds. The Hall–Kier alpha value is -2.80. The van der Waals surface area contributed by atoms with Crippen LogP contribution < -0.4 is 0 Å². The van der Waals surface area contributed by atoms with Crippen molar-refractivity contribution in [3.05, 3.63) is 60.8 Å². The maximum Gasteiger partial charge on any atom is 0.310 e. The Kier molecular flexibility index (Phi) is 29.2. The van der Waals surface area contributed by atoms with E-state index in [0.29, 0.717) is 12.8 Å². The number of esters is 2. The van der Waals surface area contributed by atoms with E-state index in [-0.39, 0.29) is 19.4 Å². The molecule has 0 aromatic rings. The summed E-state index contributed by atoms with van der Waals surface area (Å²) in [5.74, 6) is -1.08. The highest BCUT2D eigenvalue weighted by molar-refractivity contribution is 5.71. The van der Waals surface area contributed by atoms with Gasteiger partial charge in [0, 0.05) is 6.42 Å². The van der Waals surface area contributed by atoms with Crippen molar-refractivity contribution < 1.29 is 73.8 Å². The van der Waals surface area contributed by atoms with Crippen LogP contribution in [0.3, 0.4) is 0 Å². The van der Waals surface area contributed by atoms with Gasteiger partial charge in [0.2, 0.25) is 0 Å². The highest BCUT2D eigenvalue weighted by Crippen LogP contribution is 2.26. The molecule has 2 aliphatic heterocycles. The lowest BCUT2D eigenvalue weighted by Crippen LogP contribution is -2.61. The number of carbonyl (C=O) groups excluding carboxylic acids is 2. The van der Waals surface area contributed by atoms with Crippen molar-refractivity contribution >= 4 is 11.9 Å². The first-order valence-electron chi connectivity index (χ1n) is 21.9. The summed E-state index contributed by atoms with van der Waals surface area (Å²) in [6.07, 6.45) is 17.4. The first-order valence-corrected chi connectivity index (χ1v) is 21.9. The van der Waals surface area contributed by atoms with Gasteiger partial charge in [0.25, 0.3) is 0 Å². The van der Waals surface area contributed by atoms with E-state index >= 15 is 0 Å². The van der Waals surface area contributed by atoms with Gasteiger partial charge < -0.3 is 64.2 Å². The second kappa shape index (κ2) is 32.9. The van der Waals surface area contributed by atoms with Gasteiger partial charge in [-0.15, -0.1) is 0 Å². The van der Waals surface area contributed by atoms with Gasteiger partial charge in [-0.3, -0.25) is 9.59 Å². The minimum Gasteiger partial charge on any atom is -0.462 e. The highest BCUT2D eigenvalue weighted by atomic mass is 16.7. The van der Waals surface area contributed by atoms with Crippen LogP contribution in [0.15, 0.2) is 60.8 Å². The number of unbranched alkanes of at least 4 members (excludes halogenated alkanes) is 8. The number of hydrogen-bond acceptors (Lipinski definition) is 15. The summed E-state index contributed by atoms with van der Waals surface area (Å²) in [7, 11) is 0. The van der Waals surface area contributed by atoms with Crippen LogP contribution in [-0.4, -0.2) is 142 Å². The SMILES string of the molecule is CC/C=C\C/C=C\C/C=C\C/C=C\C/C=C\CC(=O)OC(COC(=O)CCCCCCCCCCC)COC1OC(COC2OC(CO)C(O)C(O)C2O)C(O)C(O)C1O. The first-order chi connectivity index (χ1) is 29.0. The third-order valence-corrected chi connectivity index (χ3v) is 10.0. The molecule has 11 unspecified atom stereocenters. The van der Waals surface area contributed by atoms with Crippen LogP contribution in [-0.2, 0) is 38.0 Å². The summed E-state index contributed by atoms with van der Waals surface area (Å²) >= 11 is 0. The van der Waals surface area contributed by atoms with Crippen LogP contribution in [0.25, 0.3) is 0 Å². The lowest BCUT2D eigenvalue weighted by atomic mass is 9.98. The number of ether oxygens (including phenoxy) is 6. The average molecular weight is 855 g/mol. The first kappa shape index (κ1) is 53.3. The molecule has 15 heteroatoms. The van der Waals surface area contributed by atoms with Crippen molar-refractivity contribution in [2.24, 2.45) is 0 Å². The number of carbonyl (C=O) groups is 2. The molecule has 60 heavy (non-hydrogen) atoms. The maximum atomic E-state index is 12.8. The van der Waals surface area contributed by atoms with Gasteiger partial charge in [-0.25, -0.2) is 0 Å². The number of aliphatic hydroxyl groups excluding tert-OH is 7. The normalized spacial score (nSPS) is 28.1. The Morgan fingerprint density at radius 2 is 1.03 bits per heavy atom. The molecule has 0 spiro atoms. The predicted octanol–water partition coefficient (Wildman–Crippen LogP) is 4.14. The second-order valence-corrected chi connectivity index (χ2v) is 15.2. The summed E-state index contributed by atoms with van der Waals surface area (Å²) in [6, 6.07) is 0. The van der Waals surface area contributed by atoms with E-state index in [0.717, 1.165) is 44.9 Å². The largest absolute Gasteiger partial charge is 0.462 e. The molecule has 2 saturated heterocycles. The third-order valence-electron chi connectivity index (χ3n) is 10.0. The minimum atomic E-state index is -1.78. The number of aliphatic hydroxyl groups is 7. The summed E-state index contributed by atoms with van der Waals surface area (Å²) in [5.41, 5.74) is 0. The fourth-order valence-corrected chi connectivity index (χ4v) is 6.41. The molecular weight excluding hydrogens is 780 g/mol.